The van der Waals surface area contributed by atoms with E-state index in [4.69, 9.17) is 14.9 Å². The number of nitrogens with two attached hydrogens (primary N) is 1. The fourth-order valence-corrected chi connectivity index (χ4v) is 5.21. The van der Waals surface area contributed by atoms with Crippen molar-refractivity contribution in [2.45, 2.75) is 31.9 Å². The van der Waals surface area contributed by atoms with Crippen LogP contribution in [0.3, 0.4) is 0 Å². The van der Waals surface area contributed by atoms with Crippen molar-refractivity contribution in [1.29, 1.82) is 0 Å². The number of morpholine rings is 1. The Bertz CT molecular complexity index is 1780. The van der Waals surface area contributed by atoms with Gasteiger partial charge in [-0.25, -0.2) is 13.6 Å². The average molecular weight is 554 g/mol. The van der Waals surface area contributed by atoms with E-state index in [9.17, 15) is 28.3 Å². The van der Waals surface area contributed by atoms with Crippen molar-refractivity contribution in [2.24, 2.45) is 0 Å². The third kappa shape index (κ3) is 4.04. The molecule has 2 fully saturated rings. The predicted molar refractivity (Wildman–Crippen MR) is 141 cm³/mol. The number of pyridine rings is 1. The second-order valence-corrected chi connectivity index (χ2v) is 10.1. The lowest BCUT2D eigenvalue weighted by Crippen LogP contribution is -2.51. The van der Waals surface area contributed by atoms with Gasteiger partial charge in [0, 0.05) is 36.7 Å². The maximum atomic E-state index is 14.9. The Hall–Kier alpha value is -4.52. The van der Waals surface area contributed by atoms with E-state index in [-0.39, 0.29) is 54.1 Å². The molecule has 11 nitrogen and oxygen atoms in total. The first-order chi connectivity index (χ1) is 19.1. The number of rotatable bonds is 4. The van der Waals surface area contributed by atoms with E-state index in [2.05, 4.69) is 4.98 Å². The van der Waals surface area contributed by atoms with Gasteiger partial charge >= 0.3 is 12.1 Å². The largest absolute Gasteiger partial charge is 0.465 e. The van der Waals surface area contributed by atoms with Crippen LogP contribution in [0.1, 0.15) is 24.4 Å². The number of carbonyl (C=O) groups excluding carboxylic acids is 1. The van der Waals surface area contributed by atoms with Gasteiger partial charge in [-0.2, -0.15) is 4.98 Å². The van der Waals surface area contributed by atoms with E-state index in [1.165, 1.54) is 7.05 Å². The zero-order valence-corrected chi connectivity index (χ0v) is 21.6. The van der Waals surface area contributed by atoms with Crippen LogP contribution in [0.15, 0.2) is 33.5 Å². The molecule has 3 N–H and O–H groups in total. The number of aryl methyl sites for hydroxylation is 1. The average Bonchev–Trinajstić information content (AvgIpc) is 3.67. The second kappa shape index (κ2) is 9.30. The molecule has 6 rings (SSSR count). The lowest BCUT2D eigenvalue weighted by atomic mass is 9.96. The van der Waals surface area contributed by atoms with Crippen LogP contribution in [-0.4, -0.2) is 64.4 Å². The number of oxazole rings is 1. The van der Waals surface area contributed by atoms with Crippen LogP contribution in [0.2, 0.25) is 0 Å². The maximum Gasteiger partial charge on any atom is 0.407 e. The molecule has 2 aromatic carbocycles. The quantitative estimate of drug-likeness (QED) is 0.365. The van der Waals surface area contributed by atoms with Crippen LogP contribution >= 0.6 is 0 Å². The van der Waals surface area contributed by atoms with Gasteiger partial charge < -0.3 is 29.5 Å². The van der Waals surface area contributed by atoms with E-state index in [0.29, 0.717) is 22.0 Å². The minimum atomic E-state index is -1.16. The highest BCUT2D eigenvalue weighted by atomic mass is 19.1. The highest BCUT2D eigenvalue weighted by Crippen LogP contribution is 2.41. The Labute approximate surface area is 225 Å². The van der Waals surface area contributed by atoms with E-state index in [1.54, 1.807) is 23.6 Å². The molecular formula is C27H25F2N5O6. The molecular weight excluding hydrogens is 528 g/mol. The molecule has 1 aliphatic heterocycles. The van der Waals surface area contributed by atoms with E-state index >= 15 is 0 Å². The molecule has 208 valence electrons. The Morgan fingerprint density at radius 3 is 2.62 bits per heavy atom. The molecule has 0 unspecified atom stereocenters. The van der Waals surface area contributed by atoms with Crippen LogP contribution in [0.4, 0.5) is 25.3 Å². The van der Waals surface area contributed by atoms with E-state index in [1.807, 2.05) is 0 Å². The van der Waals surface area contributed by atoms with Crippen LogP contribution in [0, 0.1) is 18.6 Å². The summed E-state index contributed by atoms with van der Waals surface area (Å²) >= 11 is 0. The SMILES string of the molecule is Cc1c(-c2cc(F)c(N)cc2F)ccc2c3oc(N(C)C(=O)[C@H]4CN(C(=O)O)CCO4)nc3c(=O)n(C3CC3)c12. The lowest BCUT2D eigenvalue weighted by molar-refractivity contribution is -0.134. The second-order valence-electron chi connectivity index (χ2n) is 10.1. The van der Waals surface area contributed by atoms with Crippen molar-refractivity contribution in [2.75, 3.05) is 37.4 Å². The summed E-state index contributed by atoms with van der Waals surface area (Å²) in [6.07, 6.45) is -0.701. The minimum absolute atomic E-state index is 0.00692. The van der Waals surface area contributed by atoms with Crippen molar-refractivity contribution < 1.29 is 32.6 Å². The number of aromatic nitrogens is 2. The summed E-state index contributed by atoms with van der Waals surface area (Å²) in [5, 5.41) is 9.80. The fourth-order valence-electron chi connectivity index (χ4n) is 5.21. The molecule has 1 aliphatic carbocycles. The van der Waals surface area contributed by atoms with Crippen LogP contribution < -0.4 is 16.2 Å². The first-order valence-electron chi connectivity index (χ1n) is 12.7. The molecule has 13 heteroatoms. The maximum absolute atomic E-state index is 14.9. The van der Waals surface area contributed by atoms with Gasteiger partial charge in [-0.3, -0.25) is 14.5 Å². The zero-order chi connectivity index (χ0) is 28.5. The molecule has 4 aromatic rings. The van der Waals surface area contributed by atoms with Gasteiger partial charge in [0.25, 0.3) is 11.5 Å². The summed E-state index contributed by atoms with van der Waals surface area (Å²) in [6.45, 7) is 1.77. The van der Waals surface area contributed by atoms with Crippen LogP contribution in [0.5, 0.6) is 0 Å². The molecule has 2 amide bonds. The molecule has 2 aromatic heterocycles. The van der Waals surface area contributed by atoms with E-state index in [0.717, 1.165) is 34.8 Å². The normalized spacial score (nSPS) is 17.5. The van der Waals surface area contributed by atoms with Crippen LogP contribution in [0.25, 0.3) is 33.1 Å². The fraction of sp³-hybridized carbons (Fsp3) is 0.333. The number of amides is 2. The van der Waals surface area contributed by atoms with Gasteiger partial charge in [0.15, 0.2) is 17.2 Å². The molecule has 1 atom stereocenters. The van der Waals surface area contributed by atoms with Crippen molar-refractivity contribution in [3.05, 3.63) is 51.8 Å². The molecule has 0 spiro atoms. The minimum Gasteiger partial charge on any atom is -0.465 e. The number of hydrogen-bond acceptors (Lipinski definition) is 7. The van der Waals surface area contributed by atoms with Gasteiger partial charge in [0.05, 0.1) is 24.4 Å². The summed E-state index contributed by atoms with van der Waals surface area (Å²) in [6, 6.07) is 4.96. The number of halogens is 2. The van der Waals surface area contributed by atoms with Gasteiger partial charge in [-0.1, -0.05) is 6.07 Å². The summed E-state index contributed by atoms with van der Waals surface area (Å²) in [5.74, 6) is -2.04. The number of fused-ring (bicyclic) bond motifs is 3. The number of nitrogen functional groups attached to an aromatic ring is 1. The van der Waals surface area contributed by atoms with Gasteiger partial charge in [-0.05, 0) is 43.0 Å². The van der Waals surface area contributed by atoms with Gasteiger partial charge in [0.1, 0.15) is 11.6 Å². The van der Waals surface area contributed by atoms with Crippen molar-refractivity contribution in [3.63, 3.8) is 0 Å². The Balaban J connectivity index is 1.48. The number of carbonyl (C=O) groups is 2. The summed E-state index contributed by atoms with van der Waals surface area (Å²) < 4.78 is 42.2. The number of anilines is 2. The molecule has 1 saturated carbocycles. The number of hydrogen-bond donors (Lipinski definition) is 2. The van der Waals surface area contributed by atoms with Crippen molar-refractivity contribution in [1.82, 2.24) is 14.5 Å². The van der Waals surface area contributed by atoms with Gasteiger partial charge in [-0.15, -0.1) is 0 Å². The Morgan fingerprint density at radius 1 is 1.18 bits per heavy atom. The Kier molecular flexibility index (Phi) is 5.98. The highest BCUT2D eigenvalue weighted by Gasteiger charge is 2.35. The summed E-state index contributed by atoms with van der Waals surface area (Å²) in [5.41, 5.74) is 6.37. The number of ether oxygens (including phenoxy) is 1. The Morgan fingerprint density at radius 2 is 1.93 bits per heavy atom. The molecule has 1 saturated heterocycles. The third-order valence-corrected chi connectivity index (χ3v) is 7.47. The highest BCUT2D eigenvalue weighted by molar-refractivity contribution is 6.05. The standard InChI is InChI=1S/C27H25F2N5O6/c1-12-14(16-9-18(29)19(30)10-17(16)28)5-6-15-22(12)34(13-3-4-13)25(36)21-23(15)40-26(31-21)32(2)24(35)20-11-33(27(37)38)7-8-39-20/h5-6,9-10,13,20H,3-4,7-8,11,30H2,1-2H3,(H,37,38)/t20-/m1/s1. The van der Waals surface area contributed by atoms with Gasteiger partial charge in [0.2, 0.25) is 0 Å². The lowest BCUT2D eigenvalue weighted by Gasteiger charge is -2.31. The molecule has 40 heavy (non-hydrogen) atoms. The number of likely N-dealkylation sites (N-methyl/N-ethyl adjacent to an activating group) is 1. The third-order valence-electron chi connectivity index (χ3n) is 7.47. The smallest absolute Gasteiger partial charge is 0.407 e. The molecule has 0 radical (unpaired) electrons. The monoisotopic (exact) mass is 553 g/mol. The molecule has 2 aliphatic rings. The van der Waals surface area contributed by atoms with Crippen molar-refractivity contribution >= 4 is 45.7 Å². The van der Waals surface area contributed by atoms with Crippen molar-refractivity contribution in [3.8, 4) is 11.1 Å². The summed E-state index contributed by atoms with van der Waals surface area (Å²) in [7, 11) is 1.40. The molecule has 0 bridgehead atoms. The topological polar surface area (TPSA) is 144 Å². The molecule has 3 heterocycles. The zero-order valence-electron chi connectivity index (χ0n) is 21.6. The number of nitrogens with zero attached hydrogens (tertiary/aromatic N) is 4. The number of carboxylic acid groups (broad SMARTS) is 1. The number of benzene rings is 2. The first-order valence-corrected chi connectivity index (χ1v) is 12.7. The summed E-state index contributed by atoms with van der Waals surface area (Å²) in [4.78, 5) is 44.7. The predicted octanol–water partition coefficient (Wildman–Crippen LogP) is 3.66. The van der Waals surface area contributed by atoms with Crippen LogP contribution in [-0.2, 0) is 9.53 Å². The van der Waals surface area contributed by atoms with E-state index < -0.39 is 35.3 Å². The first kappa shape index (κ1) is 25.7.